The second kappa shape index (κ2) is 7.88. The number of hydrogen-bond donors (Lipinski definition) is 1. The molecule has 0 unspecified atom stereocenters. The molecule has 1 fully saturated rings. The Bertz CT molecular complexity index is 940. The lowest BCUT2D eigenvalue weighted by Crippen LogP contribution is -2.23. The zero-order valence-corrected chi connectivity index (χ0v) is 15.9. The van der Waals surface area contributed by atoms with E-state index in [1.807, 2.05) is 41.5 Å². The van der Waals surface area contributed by atoms with Gasteiger partial charge in [0.2, 0.25) is 0 Å². The van der Waals surface area contributed by atoms with Crippen molar-refractivity contribution >= 4 is 5.97 Å². The van der Waals surface area contributed by atoms with Gasteiger partial charge in [-0.3, -0.25) is 9.48 Å². The smallest absolute Gasteiger partial charge is 0.306 e. The Balaban J connectivity index is 1.60. The van der Waals surface area contributed by atoms with Crippen LogP contribution >= 0.6 is 0 Å². The van der Waals surface area contributed by atoms with Crippen LogP contribution in [0.1, 0.15) is 37.3 Å². The molecular weight excluding hydrogens is 356 g/mol. The molecule has 1 aromatic carbocycles. The van der Waals surface area contributed by atoms with Gasteiger partial charge < -0.3 is 14.4 Å². The summed E-state index contributed by atoms with van der Waals surface area (Å²) in [5, 5.41) is 13.5. The van der Waals surface area contributed by atoms with Crippen molar-refractivity contribution < 1.29 is 14.6 Å². The van der Waals surface area contributed by atoms with Crippen LogP contribution in [0.15, 0.2) is 49.1 Å². The normalized spacial score (nSPS) is 19.5. The van der Waals surface area contributed by atoms with Crippen molar-refractivity contribution in [1.82, 2.24) is 19.3 Å². The molecule has 4 rings (SSSR count). The lowest BCUT2D eigenvalue weighted by Gasteiger charge is -2.28. The number of methoxy groups -OCH3 is 1. The van der Waals surface area contributed by atoms with Crippen LogP contribution in [0.4, 0.5) is 0 Å². The van der Waals surface area contributed by atoms with E-state index in [9.17, 15) is 9.90 Å². The quantitative estimate of drug-likeness (QED) is 0.706. The Morgan fingerprint density at radius 3 is 2.71 bits per heavy atom. The van der Waals surface area contributed by atoms with Gasteiger partial charge in [-0.2, -0.15) is 5.10 Å². The summed E-state index contributed by atoms with van der Waals surface area (Å²) in [6.45, 7) is 0.619. The van der Waals surface area contributed by atoms with Crippen LogP contribution in [-0.2, 0) is 11.3 Å². The highest BCUT2D eigenvalue weighted by Gasteiger charge is 2.28. The summed E-state index contributed by atoms with van der Waals surface area (Å²) in [5.74, 6) is 0.829. The number of hydrogen-bond acceptors (Lipinski definition) is 4. The molecule has 0 saturated heterocycles. The lowest BCUT2D eigenvalue weighted by molar-refractivity contribution is -0.143. The average Bonchev–Trinajstić information content (AvgIpc) is 3.40. The molecule has 1 aliphatic carbocycles. The summed E-state index contributed by atoms with van der Waals surface area (Å²) in [4.78, 5) is 15.8. The third-order valence-electron chi connectivity index (χ3n) is 5.54. The molecule has 0 atom stereocenters. The van der Waals surface area contributed by atoms with Crippen LogP contribution in [0.3, 0.4) is 0 Å². The van der Waals surface area contributed by atoms with E-state index in [1.165, 1.54) is 0 Å². The fraction of sp³-hybridized carbons (Fsp3) is 0.381. The number of imidazole rings is 1. The Labute approximate surface area is 163 Å². The molecule has 3 aromatic rings. The zero-order valence-electron chi connectivity index (χ0n) is 15.9. The van der Waals surface area contributed by atoms with Crippen LogP contribution in [0.25, 0.3) is 11.4 Å². The molecule has 2 heterocycles. The van der Waals surface area contributed by atoms with Gasteiger partial charge in [-0.1, -0.05) is 0 Å². The van der Waals surface area contributed by atoms with Gasteiger partial charge in [-0.15, -0.1) is 0 Å². The largest absolute Gasteiger partial charge is 0.496 e. The van der Waals surface area contributed by atoms with Crippen LogP contribution in [0, 0.1) is 5.92 Å². The number of aromatic nitrogens is 4. The number of carboxylic acid groups (broad SMARTS) is 1. The molecule has 0 aliphatic heterocycles. The molecule has 28 heavy (non-hydrogen) atoms. The van der Waals surface area contributed by atoms with E-state index in [0.717, 1.165) is 35.5 Å². The molecule has 2 aromatic heterocycles. The molecular formula is C21H24N4O3. The topological polar surface area (TPSA) is 82.2 Å². The fourth-order valence-corrected chi connectivity index (χ4v) is 4.04. The second-order valence-electron chi connectivity index (χ2n) is 7.23. The Morgan fingerprint density at radius 1 is 1.21 bits per heavy atom. The summed E-state index contributed by atoms with van der Waals surface area (Å²) >= 11 is 0. The summed E-state index contributed by atoms with van der Waals surface area (Å²) in [7, 11) is 1.67. The van der Waals surface area contributed by atoms with E-state index in [2.05, 4.69) is 20.7 Å². The monoisotopic (exact) mass is 380 g/mol. The predicted octanol–water partition coefficient (Wildman–Crippen LogP) is 3.62. The second-order valence-corrected chi connectivity index (χ2v) is 7.23. The van der Waals surface area contributed by atoms with Crippen molar-refractivity contribution in [3.8, 4) is 17.1 Å². The maximum absolute atomic E-state index is 11.2. The molecule has 1 N–H and O–H groups in total. The molecule has 1 aliphatic rings. The Kier molecular flexibility index (Phi) is 5.14. The number of aliphatic carboxylic acids is 1. The molecule has 146 valence electrons. The summed E-state index contributed by atoms with van der Waals surface area (Å²) < 4.78 is 9.58. The van der Waals surface area contributed by atoms with Crippen molar-refractivity contribution in [1.29, 1.82) is 0 Å². The SMILES string of the molecule is COc1ccc(-c2nccn2C2CCC(C(=O)O)CC2)cc1Cn1cccn1. The van der Waals surface area contributed by atoms with Crippen molar-refractivity contribution in [3.63, 3.8) is 0 Å². The Morgan fingerprint density at radius 2 is 2.04 bits per heavy atom. The molecule has 0 amide bonds. The number of carbonyl (C=O) groups is 1. The maximum atomic E-state index is 11.2. The van der Waals surface area contributed by atoms with E-state index in [-0.39, 0.29) is 12.0 Å². The predicted molar refractivity (Wildman–Crippen MR) is 104 cm³/mol. The highest BCUT2D eigenvalue weighted by Crippen LogP contribution is 2.35. The third-order valence-corrected chi connectivity index (χ3v) is 5.54. The van der Waals surface area contributed by atoms with E-state index >= 15 is 0 Å². The average molecular weight is 380 g/mol. The van der Waals surface area contributed by atoms with E-state index in [1.54, 1.807) is 13.3 Å². The molecule has 7 nitrogen and oxygen atoms in total. The maximum Gasteiger partial charge on any atom is 0.306 e. The van der Waals surface area contributed by atoms with Gasteiger partial charge >= 0.3 is 5.97 Å². The number of rotatable bonds is 6. The fourth-order valence-electron chi connectivity index (χ4n) is 4.04. The molecule has 0 spiro atoms. The number of carboxylic acids is 1. The van der Waals surface area contributed by atoms with Gasteiger partial charge in [0.25, 0.3) is 0 Å². The zero-order chi connectivity index (χ0) is 19.5. The van der Waals surface area contributed by atoms with Crippen LogP contribution < -0.4 is 4.74 Å². The molecule has 0 radical (unpaired) electrons. The van der Waals surface area contributed by atoms with Gasteiger partial charge in [0.05, 0.1) is 19.6 Å². The molecule has 7 heteroatoms. The highest BCUT2D eigenvalue weighted by atomic mass is 16.5. The van der Waals surface area contributed by atoms with Gasteiger partial charge in [-0.05, 0) is 49.9 Å². The van der Waals surface area contributed by atoms with Gasteiger partial charge in [0, 0.05) is 42.0 Å². The number of ether oxygens (including phenoxy) is 1. The first-order valence-electron chi connectivity index (χ1n) is 9.56. The van der Waals surface area contributed by atoms with Gasteiger partial charge in [0.15, 0.2) is 0 Å². The number of benzene rings is 1. The van der Waals surface area contributed by atoms with Crippen molar-refractivity contribution in [3.05, 3.63) is 54.6 Å². The third kappa shape index (κ3) is 3.65. The minimum atomic E-state index is -0.678. The van der Waals surface area contributed by atoms with Crippen molar-refractivity contribution in [2.45, 2.75) is 38.3 Å². The van der Waals surface area contributed by atoms with Gasteiger partial charge in [0.1, 0.15) is 11.6 Å². The van der Waals surface area contributed by atoms with Crippen molar-refractivity contribution in [2.24, 2.45) is 5.92 Å². The van der Waals surface area contributed by atoms with E-state index < -0.39 is 5.97 Å². The van der Waals surface area contributed by atoms with E-state index in [0.29, 0.717) is 19.4 Å². The summed E-state index contributed by atoms with van der Waals surface area (Å²) in [5.41, 5.74) is 2.06. The van der Waals surface area contributed by atoms with Crippen LogP contribution in [0.2, 0.25) is 0 Å². The molecule has 0 bridgehead atoms. The van der Waals surface area contributed by atoms with Crippen LogP contribution in [0.5, 0.6) is 5.75 Å². The summed E-state index contributed by atoms with van der Waals surface area (Å²) in [6, 6.07) is 8.27. The minimum absolute atomic E-state index is 0.218. The molecule has 1 saturated carbocycles. The van der Waals surface area contributed by atoms with E-state index in [4.69, 9.17) is 4.74 Å². The van der Waals surface area contributed by atoms with Crippen molar-refractivity contribution in [2.75, 3.05) is 7.11 Å². The van der Waals surface area contributed by atoms with Gasteiger partial charge in [-0.25, -0.2) is 4.98 Å². The highest BCUT2D eigenvalue weighted by molar-refractivity contribution is 5.70. The standard InChI is InChI=1S/C21H24N4O3/c1-28-19-8-5-16(13-17(19)14-24-11-2-9-23-24)20-22-10-12-25(20)18-6-3-15(4-7-18)21(26)27/h2,5,8-13,15,18H,3-4,6-7,14H2,1H3,(H,26,27). The first kappa shape index (κ1) is 18.3. The lowest BCUT2D eigenvalue weighted by atomic mass is 9.86. The first-order chi connectivity index (χ1) is 13.7. The number of nitrogens with zero attached hydrogens (tertiary/aromatic N) is 4. The first-order valence-corrected chi connectivity index (χ1v) is 9.56. The van der Waals surface area contributed by atoms with Crippen LogP contribution in [-0.4, -0.2) is 37.5 Å². The summed E-state index contributed by atoms with van der Waals surface area (Å²) in [6.07, 6.45) is 10.6. The Hall–Kier alpha value is -3.09. The minimum Gasteiger partial charge on any atom is -0.496 e.